The molecule has 3 heteroatoms. The summed E-state index contributed by atoms with van der Waals surface area (Å²) < 4.78 is 0. The lowest BCUT2D eigenvalue weighted by Crippen LogP contribution is -2.00. The van der Waals surface area contributed by atoms with E-state index in [4.69, 9.17) is 4.99 Å². The van der Waals surface area contributed by atoms with Crippen LogP contribution in [0.5, 0.6) is 0 Å². The molecular weight excluding hydrogens is 360 g/mol. The van der Waals surface area contributed by atoms with E-state index in [2.05, 4.69) is 73.4 Å². The van der Waals surface area contributed by atoms with Gasteiger partial charge in [0, 0.05) is 16.0 Å². The molecule has 0 saturated carbocycles. The Labute approximate surface area is 171 Å². The molecule has 0 unspecified atom stereocenters. The number of aliphatic imine (C=N–C) groups is 2. The number of aryl methyl sites for hydroxylation is 1. The number of benzene rings is 3. The Hall–Kier alpha value is -2.91. The molecule has 2 nitrogen and oxygen atoms in total. The van der Waals surface area contributed by atoms with Gasteiger partial charge in [0.05, 0.1) is 18.0 Å². The molecule has 0 amide bonds. The highest BCUT2D eigenvalue weighted by atomic mass is 32.2. The quantitative estimate of drug-likeness (QED) is 0.339. The van der Waals surface area contributed by atoms with Crippen LogP contribution in [0.1, 0.15) is 22.3 Å². The van der Waals surface area contributed by atoms with E-state index < -0.39 is 0 Å². The summed E-state index contributed by atoms with van der Waals surface area (Å²) >= 11 is 1.73. The van der Waals surface area contributed by atoms with Crippen LogP contribution in [0.3, 0.4) is 0 Å². The van der Waals surface area contributed by atoms with Crippen LogP contribution in [-0.4, -0.2) is 18.7 Å². The number of thioether (sulfide) groups is 1. The van der Waals surface area contributed by atoms with Crippen molar-refractivity contribution in [3.8, 4) is 0 Å². The molecule has 0 aromatic heterocycles. The third kappa shape index (κ3) is 5.30. The lowest BCUT2D eigenvalue weighted by molar-refractivity contribution is 1.06. The maximum atomic E-state index is 4.94. The fraction of sp³-hybridized carbons (Fsp3) is 0.120. The first-order chi connectivity index (χ1) is 13.7. The molecular formula is C25H24N2S. The molecule has 0 atom stereocenters. The Bertz CT molecular complexity index is 1000. The minimum absolute atomic E-state index is 0.621. The van der Waals surface area contributed by atoms with E-state index in [1.54, 1.807) is 11.8 Å². The molecule has 0 aliphatic carbocycles. The molecule has 28 heavy (non-hydrogen) atoms. The van der Waals surface area contributed by atoms with Gasteiger partial charge in [0.25, 0.3) is 0 Å². The van der Waals surface area contributed by atoms with Gasteiger partial charge in [0.1, 0.15) is 0 Å². The second-order valence-electron chi connectivity index (χ2n) is 6.48. The second kappa shape index (κ2) is 9.86. The van der Waals surface area contributed by atoms with Crippen LogP contribution in [0.25, 0.3) is 5.70 Å². The van der Waals surface area contributed by atoms with Gasteiger partial charge in [-0.3, -0.25) is 9.98 Å². The van der Waals surface area contributed by atoms with Crippen LogP contribution in [0.15, 0.2) is 99.8 Å². The van der Waals surface area contributed by atoms with E-state index in [1.165, 1.54) is 16.0 Å². The average molecular weight is 385 g/mol. The number of hydrogen-bond acceptors (Lipinski definition) is 3. The predicted octanol–water partition coefficient (Wildman–Crippen LogP) is 6.45. The van der Waals surface area contributed by atoms with E-state index in [0.29, 0.717) is 6.54 Å². The van der Waals surface area contributed by atoms with Crippen molar-refractivity contribution in [2.75, 3.05) is 6.26 Å². The smallest absolute Gasteiger partial charge is 0.0716 e. The van der Waals surface area contributed by atoms with Gasteiger partial charge in [-0.15, -0.1) is 11.8 Å². The highest BCUT2D eigenvalue weighted by Gasteiger charge is 2.06. The van der Waals surface area contributed by atoms with Gasteiger partial charge in [-0.2, -0.15) is 0 Å². The Morgan fingerprint density at radius 1 is 0.929 bits per heavy atom. The largest absolute Gasteiger partial charge is 0.280 e. The molecule has 0 aliphatic heterocycles. The van der Waals surface area contributed by atoms with Gasteiger partial charge < -0.3 is 0 Å². The summed E-state index contributed by atoms with van der Waals surface area (Å²) in [6.07, 6.45) is 4.11. The molecule has 0 fully saturated rings. The highest BCUT2D eigenvalue weighted by molar-refractivity contribution is 7.98. The average Bonchev–Trinajstić information content (AvgIpc) is 2.74. The van der Waals surface area contributed by atoms with Gasteiger partial charge in [0.15, 0.2) is 0 Å². The van der Waals surface area contributed by atoms with Crippen molar-refractivity contribution in [1.29, 1.82) is 0 Å². The molecule has 0 radical (unpaired) electrons. The van der Waals surface area contributed by atoms with E-state index in [1.807, 2.05) is 36.4 Å². The van der Waals surface area contributed by atoms with E-state index in [-0.39, 0.29) is 0 Å². The molecule has 3 aromatic rings. The van der Waals surface area contributed by atoms with Crippen molar-refractivity contribution < 1.29 is 0 Å². The Morgan fingerprint density at radius 3 is 2.39 bits per heavy atom. The zero-order chi connectivity index (χ0) is 19.8. The van der Waals surface area contributed by atoms with Crippen molar-refractivity contribution in [1.82, 2.24) is 0 Å². The third-order valence-electron chi connectivity index (χ3n) is 4.39. The number of hydrogen-bond donors (Lipinski definition) is 0. The Kier molecular flexibility index (Phi) is 6.99. The lowest BCUT2D eigenvalue weighted by atomic mass is 10.1. The molecule has 0 aliphatic rings. The minimum Gasteiger partial charge on any atom is -0.280 e. The van der Waals surface area contributed by atoms with Crippen molar-refractivity contribution in [3.63, 3.8) is 0 Å². The fourth-order valence-corrected chi connectivity index (χ4v) is 3.41. The monoisotopic (exact) mass is 384 g/mol. The first-order valence-corrected chi connectivity index (χ1v) is 10.4. The summed E-state index contributed by atoms with van der Waals surface area (Å²) in [7, 11) is 0. The topological polar surface area (TPSA) is 24.7 Å². The molecule has 0 heterocycles. The molecule has 0 spiro atoms. The summed E-state index contributed by atoms with van der Waals surface area (Å²) in [5, 5.41) is 0. The van der Waals surface area contributed by atoms with Gasteiger partial charge in [0.2, 0.25) is 0 Å². The second-order valence-corrected chi connectivity index (χ2v) is 7.36. The number of rotatable bonds is 7. The van der Waals surface area contributed by atoms with Crippen molar-refractivity contribution in [2.24, 2.45) is 9.98 Å². The van der Waals surface area contributed by atoms with E-state index in [9.17, 15) is 0 Å². The van der Waals surface area contributed by atoms with E-state index >= 15 is 0 Å². The molecule has 0 saturated heterocycles. The van der Waals surface area contributed by atoms with Gasteiger partial charge >= 0.3 is 0 Å². The van der Waals surface area contributed by atoms with Crippen LogP contribution in [0, 0.1) is 6.92 Å². The Morgan fingerprint density at radius 2 is 1.68 bits per heavy atom. The summed E-state index contributed by atoms with van der Waals surface area (Å²) in [5.41, 5.74) is 6.27. The normalized spacial score (nSPS) is 12.1. The zero-order valence-electron chi connectivity index (χ0n) is 16.3. The van der Waals surface area contributed by atoms with Gasteiger partial charge in [-0.25, -0.2) is 0 Å². The third-order valence-corrected chi connectivity index (χ3v) is 5.12. The van der Waals surface area contributed by atoms with Crippen LogP contribution in [0.4, 0.5) is 0 Å². The van der Waals surface area contributed by atoms with Crippen molar-refractivity contribution in [3.05, 3.63) is 107 Å². The first kappa shape index (κ1) is 19.8. The van der Waals surface area contributed by atoms with Crippen molar-refractivity contribution >= 4 is 29.9 Å². The van der Waals surface area contributed by atoms with Crippen LogP contribution in [-0.2, 0) is 6.54 Å². The zero-order valence-corrected chi connectivity index (χ0v) is 17.1. The molecule has 140 valence electrons. The maximum absolute atomic E-state index is 4.94. The SMILES string of the molecule is C=N/C(=C\C(=NCc1cccc(C)c1)c1cccc(SC)c1)c1ccccc1. The summed E-state index contributed by atoms with van der Waals surface area (Å²) in [5.74, 6) is 0. The van der Waals surface area contributed by atoms with Crippen LogP contribution >= 0.6 is 11.8 Å². The van der Waals surface area contributed by atoms with Crippen LogP contribution < -0.4 is 0 Å². The number of allylic oxidation sites excluding steroid dienone is 1. The molecule has 0 N–H and O–H groups in total. The molecule has 3 aromatic carbocycles. The predicted molar refractivity (Wildman–Crippen MR) is 124 cm³/mol. The summed E-state index contributed by atoms with van der Waals surface area (Å²) in [4.78, 5) is 10.4. The summed E-state index contributed by atoms with van der Waals surface area (Å²) in [6.45, 7) is 6.49. The lowest BCUT2D eigenvalue weighted by Gasteiger charge is -2.08. The van der Waals surface area contributed by atoms with Gasteiger partial charge in [-0.05, 0) is 43.7 Å². The first-order valence-electron chi connectivity index (χ1n) is 9.18. The van der Waals surface area contributed by atoms with Crippen molar-refractivity contribution in [2.45, 2.75) is 18.4 Å². The standard InChI is InChI=1S/C25H24N2S/c1-19-9-7-10-20(15-19)18-27-25(22-13-8-14-23(16-22)28-3)17-24(26-2)21-11-5-4-6-12-21/h4-17H,2,18H2,1,3H3/b24-17-,27-25?. The highest BCUT2D eigenvalue weighted by Crippen LogP contribution is 2.21. The maximum Gasteiger partial charge on any atom is 0.0716 e. The summed E-state index contributed by atoms with van der Waals surface area (Å²) in [6, 6.07) is 27.0. The minimum atomic E-state index is 0.621. The molecule has 0 bridgehead atoms. The van der Waals surface area contributed by atoms with Gasteiger partial charge in [-0.1, -0.05) is 72.3 Å². The van der Waals surface area contributed by atoms with E-state index in [0.717, 1.165) is 22.5 Å². The van der Waals surface area contributed by atoms with Crippen LogP contribution in [0.2, 0.25) is 0 Å². The fourth-order valence-electron chi connectivity index (χ4n) is 2.95. The molecule has 3 rings (SSSR count). The number of nitrogens with zero attached hydrogens (tertiary/aromatic N) is 2. The Balaban J connectivity index is 2.04.